The summed E-state index contributed by atoms with van der Waals surface area (Å²) in [6.07, 6.45) is 2.61. The Morgan fingerprint density at radius 2 is 1.93 bits per heavy atom. The summed E-state index contributed by atoms with van der Waals surface area (Å²) in [5, 5.41) is 3.15. The van der Waals surface area contributed by atoms with Crippen molar-refractivity contribution in [1.29, 1.82) is 0 Å². The number of ketones is 1. The highest BCUT2D eigenvalue weighted by atomic mass is 79.9. The summed E-state index contributed by atoms with van der Waals surface area (Å²) in [6.45, 7) is 3.75. The molecule has 1 aliphatic rings. The van der Waals surface area contributed by atoms with Crippen LogP contribution in [0, 0.1) is 5.41 Å². The van der Waals surface area contributed by atoms with Gasteiger partial charge in [0.05, 0.1) is 0 Å². The van der Waals surface area contributed by atoms with Gasteiger partial charge < -0.3 is 5.32 Å². The molecule has 4 heteroatoms. The van der Waals surface area contributed by atoms with Gasteiger partial charge >= 0.3 is 0 Å². The lowest BCUT2D eigenvalue weighted by Gasteiger charge is -2.32. The van der Waals surface area contributed by atoms with E-state index >= 15 is 0 Å². The van der Waals surface area contributed by atoms with Crippen LogP contribution in [0.4, 0.5) is 0 Å². The molecule has 1 N–H and O–H groups in total. The molecule has 0 aliphatic carbocycles. The zero-order valence-corrected chi connectivity index (χ0v) is 9.98. The molecule has 0 aromatic carbocycles. The van der Waals surface area contributed by atoms with Gasteiger partial charge in [0, 0.05) is 17.1 Å². The number of rotatable bonds is 3. The number of hydrogen-bond donors (Lipinski definition) is 1. The second kappa shape index (κ2) is 4.26. The second-order valence-electron chi connectivity index (χ2n) is 3.40. The normalized spacial score (nSPS) is 20.4. The molecule has 0 fully saturated rings. The molecule has 0 radical (unpaired) electrons. The largest absolute Gasteiger partial charge is 0.331 e. The number of carbonyl (C=O) groups excluding carboxylic acids is 2. The van der Waals surface area contributed by atoms with Crippen molar-refractivity contribution in [3.8, 4) is 0 Å². The van der Waals surface area contributed by atoms with E-state index in [0.29, 0.717) is 23.7 Å². The van der Waals surface area contributed by atoms with Gasteiger partial charge in [0.25, 0.3) is 0 Å². The zero-order valence-electron chi connectivity index (χ0n) is 8.39. The van der Waals surface area contributed by atoms with Crippen LogP contribution in [0.5, 0.6) is 0 Å². The number of amides is 1. The van der Waals surface area contributed by atoms with E-state index in [4.69, 9.17) is 0 Å². The van der Waals surface area contributed by atoms with Gasteiger partial charge in [-0.15, -0.1) is 0 Å². The van der Waals surface area contributed by atoms with Gasteiger partial charge in [0.1, 0.15) is 5.41 Å². The maximum atomic E-state index is 12.0. The average Bonchev–Trinajstić information content (AvgIpc) is 2.20. The maximum Gasteiger partial charge on any atom is 0.237 e. The Morgan fingerprint density at radius 1 is 1.36 bits per heavy atom. The fraction of sp³-hybridized carbons (Fsp3) is 0.600. The van der Waals surface area contributed by atoms with E-state index < -0.39 is 5.41 Å². The second-order valence-corrected chi connectivity index (χ2v) is 3.96. The van der Waals surface area contributed by atoms with Gasteiger partial charge in [-0.25, -0.2) is 0 Å². The van der Waals surface area contributed by atoms with Gasteiger partial charge in [0.15, 0.2) is 5.78 Å². The lowest BCUT2D eigenvalue weighted by molar-refractivity contribution is -0.141. The molecule has 0 bridgehead atoms. The third kappa shape index (κ3) is 1.52. The van der Waals surface area contributed by atoms with E-state index in [0.717, 1.165) is 0 Å². The van der Waals surface area contributed by atoms with Crippen LogP contribution in [0.3, 0.4) is 0 Å². The topological polar surface area (TPSA) is 46.2 Å². The van der Waals surface area contributed by atoms with Crippen molar-refractivity contribution in [1.82, 2.24) is 5.32 Å². The van der Waals surface area contributed by atoms with Crippen molar-refractivity contribution in [2.24, 2.45) is 5.41 Å². The number of nitrogens with one attached hydrogen (secondary N) is 1. The Bertz CT molecular complexity index is 292. The molecule has 0 saturated heterocycles. The summed E-state index contributed by atoms with van der Waals surface area (Å²) < 4.78 is 0. The number of carbonyl (C=O) groups is 2. The fourth-order valence-electron chi connectivity index (χ4n) is 1.76. The fourth-order valence-corrected chi connectivity index (χ4v) is 2.17. The molecule has 1 heterocycles. The third-order valence-corrected chi connectivity index (χ3v) is 3.49. The quantitative estimate of drug-likeness (QED) is 0.621. The SMILES string of the molecule is CCC1(CC)C(=O)NC=C(CBr)C1=O. The van der Waals surface area contributed by atoms with E-state index in [1.54, 1.807) is 0 Å². The first-order valence-electron chi connectivity index (χ1n) is 4.73. The molecule has 0 aromatic heterocycles. The Labute approximate surface area is 92.1 Å². The molecule has 1 amide bonds. The molecular formula is C10H14BrNO2. The summed E-state index contributed by atoms with van der Waals surface area (Å²) in [5.74, 6) is -0.208. The number of Topliss-reactive ketones (excluding diaryl/α,β-unsaturated/α-hetero) is 1. The molecule has 0 aromatic rings. The Kier molecular flexibility index (Phi) is 3.48. The van der Waals surface area contributed by atoms with Crippen LogP contribution in [-0.4, -0.2) is 17.0 Å². The average molecular weight is 260 g/mol. The van der Waals surface area contributed by atoms with E-state index in [1.165, 1.54) is 6.20 Å². The minimum Gasteiger partial charge on any atom is -0.331 e. The van der Waals surface area contributed by atoms with Gasteiger partial charge in [-0.1, -0.05) is 29.8 Å². The Hall–Kier alpha value is -0.640. The molecular weight excluding hydrogens is 246 g/mol. The first kappa shape index (κ1) is 11.4. The van der Waals surface area contributed by atoms with E-state index in [9.17, 15) is 9.59 Å². The first-order valence-corrected chi connectivity index (χ1v) is 5.85. The third-order valence-electron chi connectivity index (χ3n) is 2.89. The van der Waals surface area contributed by atoms with Crippen LogP contribution in [0.2, 0.25) is 0 Å². The standard InChI is InChI=1S/C10H14BrNO2/c1-3-10(4-2)8(13)7(5-11)6-12-9(10)14/h6H,3-5H2,1-2H3,(H,12,14). The van der Waals surface area contributed by atoms with Crippen LogP contribution in [0.15, 0.2) is 11.8 Å². The van der Waals surface area contributed by atoms with Crippen LogP contribution in [-0.2, 0) is 9.59 Å². The van der Waals surface area contributed by atoms with E-state index in [2.05, 4.69) is 21.2 Å². The van der Waals surface area contributed by atoms with E-state index in [-0.39, 0.29) is 11.7 Å². The number of hydrogen-bond acceptors (Lipinski definition) is 2. The van der Waals surface area contributed by atoms with Crippen molar-refractivity contribution < 1.29 is 9.59 Å². The van der Waals surface area contributed by atoms with Crippen molar-refractivity contribution >= 4 is 27.6 Å². The molecule has 0 spiro atoms. The molecule has 0 atom stereocenters. The molecule has 3 nitrogen and oxygen atoms in total. The summed E-state index contributed by atoms with van der Waals surface area (Å²) in [6, 6.07) is 0. The monoisotopic (exact) mass is 259 g/mol. The molecule has 78 valence electrons. The smallest absolute Gasteiger partial charge is 0.237 e. The van der Waals surface area contributed by atoms with Crippen LogP contribution in [0.1, 0.15) is 26.7 Å². The number of halogens is 1. The minimum absolute atomic E-state index is 0.0388. The van der Waals surface area contributed by atoms with Crippen LogP contribution in [0.25, 0.3) is 0 Å². The molecule has 14 heavy (non-hydrogen) atoms. The molecule has 1 rings (SSSR count). The van der Waals surface area contributed by atoms with Gasteiger partial charge in [0.2, 0.25) is 5.91 Å². The number of alkyl halides is 1. The predicted octanol–water partition coefficient (Wildman–Crippen LogP) is 1.77. The highest BCUT2D eigenvalue weighted by Gasteiger charge is 2.45. The summed E-state index contributed by atoms with van der Waals surface area (Å²) in [7, 11) is 0. The van der Waals surface area contributed by atoms with Crippen molar-refractivity contribution in [2.45, 2.75) is 26.7 Å². The Balaban J connectivity index is 3.12. The van der Waals surface area contributed by atoms with Crippen molar-refractivity contribution in [2.75, 3.05) is 5.33 Å². The molecule has 0 saturated carbocycles. The van der Waals surface area contributed by atoms with E-state index in [1.807, 2.05) is 13.8 Å². The first-order chi connectivity index (χ1) is 6.62. The summed E-state index contributed by atoms with van der Waals surface area (Å²) in [4.78, 5) is 23.7. The predicted molar refractivity (Wildman–Crippen MR) is 58.0 cm³/mol. The maximum absolute atomic E-state index is 12.0. The highest BCUT2D eigenvalue weighted by molar-refractivity contribution is 9.09. The zero-order chi connectivity index (χ0) is 10.8. The number of allylic oxidation sites excluding steroid dienone is 1. The van der Waals surface area contributed by atoms with Crippen LogP contribution < -0.4 is 5.32 Å². The molecule has 1 aliphatic heterocycles. The Morgan fingerprint density at radius 3 is 2.36 bits per heavy atom. The molecule has 0 unspecified atom stereocenters. The highest BCUT2D eigenvalue weighted by Crippen LogP contribution is 2.33. The van der Waals surface area contributed by atoms with Crippen LogP contribution >= 0.6 is 15.9 Å². The van der Waals surface area contributed by atoms with Gasteiger partial charge in [-0.2, -0.15) is 0 Å². The summed E-state index contributed by atoms with van der Waals surface area (Å²) in [5.41, 5.74) is -0.189. The van der Waals surface area contributed by atoms with Gasteiger partial charge in [-0.05, 0) is 12.8 Å². The summed E-state index contributed by atoms with van der Waals surface area (Å²) >= 11 is 3.24. The van der Waals surface area contributed by atoms with Crippen molar-refractivity contribution in [3.05, 3.63) is 11.8 Å². The lowest BCUT2D eigenvalue weighted by Crippen LogP contribution is -2.48. The minimum atomic E-state index is -0.835. The lowest BCUT2D eigenvalue weighted by atomic mass is 9.74. The van der Waals surface area contributed by atoms with Crippen molar-refractivity contribution in [3.63, 3.8) is 0 Å². The van der Waals surface area contributed by atoms with Gasteiger partial charge in [-0.3, -0.25) is 9.59 Å².